The fourth-order valence-electron chi connectivity index (χ4n) is 3.12. The predicted molar refractivity (Wildman–Crippen MR) is 89.7 cm³/mol. The first-order chi connectivity index (χ1) is 11.8. The maximum atomic E-state index is 13.0. The summed E-state index contributed by atoms with van der Waals surface area (Å²) in [5.74, 6) is 0.0177. The van der Waals surface area contributed by atoms with Gasteiger partial charge in [0.15, 0.2) is 0 Å². The summed E-state index contributed by atoms with van der Waals surface area (Å²) in [6.07, 6.45) is 0.790. The molecular formula is C18H18N4O2. The van der Waals surface area contributed by atoms with Crippen LogP contribution >= 0.6 is 0 Å². The fraction of sp³-hybridized carbons (Fsp3) is 0.278. The van der Waals surface area contributed by atoms with Crippen LogP contribution in [0.3, 0.4) is 0 Å². The topological polar surface area (TPSA) is 71.1 Å². The molecule has 122 valence electrons. The molecular weight excluding hydrogens is 304 g/mol. The first-order valence-corrected chi connectivity index (χ1v) is 8.04. The predicted octanol–water partition coefficient (Wildman–Crippen LogP) is 2.04. The Hall–Kier alpha value is -2.73. The molecule has 2 heterocycles. The Morgan fingerprint density at radius 3 is 2.88 bits per heavy atom. The highest BCUT2D eigenvalue weighted by Gasteiger charge is 2.28. The number of rotatable bonds is 3. The van der Waals surface area contributed by atoms with Crippen molar-refractivity contribution in [3.8, 4) is 0 Å². The molecule has 6 heteroatoms. The number of benzene rings is 2. The molecule has 0 saturated carbocycles. The normalized spacial score (nSPS) is 18.0. The molecule has 3 aromatic rings. The number of morpholine rings is 1. The Labute approximate surface area is 139 Å². The van der Waals surface area contributed by atoms with E-state index in [2.05, 4.69) is 27.5 Å². The molecule has 1 aliphatic rings. The summed E-state index contributed by atoms with van der Waals surface area (Å²) in [4.78, 5) is 14.9. The maximum absolute atomic E-state index is 13.0. The van der Waals surface area contributed by atoms with Crippen LogP contribution in [-0.2, 0) is 11.2 Å². The summed E-state index contributed by atoms with van der Waals surface area (Å²) in [6.45, 7) is 1.74. The Bertz CT molecular complexity index is 846. The summed E-state index contributed by atoms with van der Waals surface area (Å²) >= 11 is 0. The average Bonchev–Trinajstić information content (AvgIpc) is 3.10. The Balaban J connectivity index is 1.58. The van der Waals surface area contributed by atoms with Crippen molar-refractivity contribution in [3.63, 3.8) is 0 Å². The largest absolute Gasteiger partial charge is 0.377 e. The molecule has 1 fully saturated rings. The van der Waals surface area contributed by atoms with E-state index >= 15 is 0 Å². The highest BCUT2D eigenvalue weighted by atomic mass is 16.5. The minimum Gasteiger partial charge on any atom is -0.377 e. The maximum Gasteiger partial charge on any atom is 0.254 e. The lowest BCUT2D eigenvalue weighted by molar-refractivity contribution is -0.00163. The molecule has 2 aromatic carbocycles. The van der Waals surface area contributed by atoms with Crippen molar-refractivity contribution in [3.05, 3.63) is 59.7 Å². The van der Waals surface area contributed by atoms with Crippen molar-refractivity contribution in [2.24, 2.45) is 0 Å². The summed E-state index contributed by atoms with van der Waals surface area (Å²) < 4.78 is 5.61. The van der Waals surface area contributed by atoms with E-state index in [1.165, 1.54) is 5.56 Å². The van der Waals surface area contributed by atoms with Crippen molar-refractivity contribution < 1.29 is 9.53 Å². The molecule has 0 spiro atoms. The number of H-pyrrole nitrogens is 1. The molecule has 1 atom stereocenters. The summed E-state index contributed by atoms with van der Waals surface area (Å²) in [7, 11) is 0. The second-order valence-corrected chi connectivity index (χ2v) is 5.94. The van der Waals surface area contributed by atoms with Crippen LogP contribution in [0.25, 0.3) is 11.0 Å². The van der Waals surface area contributed by atoms with Gasteiger partial charge in [-0.15, -0.1) is 0 Å². The van der Waals surface area contributed by atoms with Crippen LogP contribution in [0.5, 0.6) is 0 Å². The molecule has 1 saturated heterocycles. The molecule has 6 nitrogen and oxygen atoms in total. The van der Waals surface area contributed by atoms with Gasteiger partial charge in [-0.3, -0.25) is 4.79 Å². The van der Waals surface area contributed by atoms with Crippen LogP contribution in [0.1, 0.15) is 15.9 Å². The lowest BCUT2D eigenvalue weighted by atomic mass is 10.0. The summed E-state index contributed by atoms with van der Waals surface area (Å²) in [5.41, 5.74) is 3.30. The van der Waals surface area contributed by atoms with E-state index in [1.54, 1.807) is 6.07 Å². The van der Waals surface area contributed by atoms with Crippen LogP contribution in [0.2, 0.25) is 0 Å². The van der Waals surface area contributed by atoms with Gasteiger partial charge >= 0.3 is 0 Å². The monoisotopic (exact) mass is 322 g/mol. The van der Waals surface area contributed by atoms with Gasteiger partial charge in [0.1, 0.15) is 11.0 Å². The number of ether oxygens (including phenoxy) is 1. The molecule has 0 radical (unpaired) electrons. The molecule has 0 aliphatic carbocycles. The lowest BCUT2D eigenvalue weighted by Gasteiger charge is -2.36. The third-order valence-corrected chi connectivity index (χ3v) is 4.37. The lowest BCUT2D eigenvalue weighted by Crippen LogP contribution is -2.49. The number of carbonyl (C=O) groups is 1. The minimum atomic E-state index is 0.0177. The molecule has 4 rings (SSSR count). The number of fused-ring (bicyclic) bond motifs is 1. The van der Waals surface area contributed by atoms with E-state index in [0.29, 0.717) is 30.8 Å². The van der Waals surface area contributed by atoms with Crippen molar-refractivity contribution >= 4 is 16.9 Å². The van der Waals surface area contributed by atoms with E-state index in [-0.39, 0.29) is 11.9 Å². The number of aromatic amines is 1. The smallest absolute Gasteiger partial charge is 0.254 e. The van der Waals surface area contributed by atoms with E-state index in [0.717, 1.165) is 11.9 Å². The minimum absolute atomic E-state index is 0.0177. The summed E-state index contributed by atoms with van der Waals surface area (Å²) in [6, 6.07) is 15.7. The standard InChI is InChI=1S/C18H18N4O2/c23-18(14-6-7-16-17(11-14)20-21-19-16)22-8-9-24-12-15(22)10-13-4-2-1-3-5-13/h1-7,11,15H,8-10,12H2,(H,19,20,21)/t15-/m0/s1. The first kappa shape index (κ1) is 14.8. The molecule has 24 heavy (non-hydrogen) atoms. The Kier molecular flexibility index (Phi) is 3.96. The van der Waals surface area contributed by atoms with E-state index < -0.39 is 0 Å². The van der Waals surface area contributed by atoms with Gasteiger partial charge in [-0.2, -0.15) is 15.4 Å². The van der Waals surface area contributed by atoms with Gasteiger partial charge < -0.3 is 9.64 Å². The molecule has 0 bridgehead atoms. The average molecular weight is 322 g/mol. The van der Waals surface area contributed by atoms with Crippen molar-refractivity contribution in [2.75, 3.05) is 19.8 Å². The second-order valence-electron chi connectivity index (χ2n) is 5.94. The van der Waals surface area contributed by atoms with Gasteiger partial charge in [-0.1, -0.05) is 30.3 Å². The van der Waals surface area contributed by atoms with Crippen molar-refractivity contribution in [1.82, 2.24) is 20.3 Å². The zero-order chi connectivity index (χ0) is 16.4. The number of carbonyl (C=O) groups excluding carboxylic acids is 1. The number of hydrogen-bond donors (Lipinski definition) is 1. The third-order valence-electron chi connectivity index (χ3n) is 4.37. The van der Waals surface area contributed by atoms with E-state index in [9.17, 15) is 4.79 Å². The Morgan fingerprint density at radius 1 is 1.17 bits per heavy atom. The van der Waals surface area contributed by atoms with Crippen LogP contribution in [0.4, 0.5) is 0 Å². The number of nitrogens with zero attached hydrogens (tertiary/aromatic N) is 3. The van der Waals surface area contributed by atoms with Crippen molar-refractivity contribution in [1.29, 1.82) is 0 Å². The number of aromatic nitrogens is 3. The zero-order valence-corrected chi connectivity index (χ0v) is 13.2. The Morgan fingerprint density at radius 2 is 2.00 bits per heavy atom. The van der Waals surface area contributed by atoms with Gasteiger partial charge in [-0.05, 0) is 30.2 Å². The third kappa shape index (κ3) is 2.88. The molecule has 1 amide bonds. The van der Waals surface area contributed by atoms with Crippen LogP contribution in [0, 0.1) is 0 Å². The number of amides is 1. The van der Waals surface area contributed by atoms with E-state index in [1.807, 2.05) is 35.2 Å². The fourth-order valence-corrected chi connectivity index (χ4v) is 3.12. The molecule has 0 unspecified atom stereocenters. The van der Waals surface area contributed by atoms with Crippen LogP contribution in [-0.4, -0.2) is 52.0 Å². The molecule has 1 aromatic heterocycles. The van der Waals surface area contributed by atoms with Gasteiger partial charge in [0.05, 0.1) is 19.3 Å². The highest BCUT2D eigenvalue weighted by molar-refractivity contribution is 5.97. The quantitative estimate of drug-likeness (QED) is 0.801. The van der Waals surface area contributed by atoms with Crippen LogP contribution < -0.4 is 0 Å². The second kappa shape index (κ2) is 6.41. The van der Waals surface area contributed by atoms with Gasteiger partial charge in [0.25, 0.3) is 5.91 Å². The van der Waals surface area contributed by atoms with Crippen molar-refractivity contribution in [2.45, 2.75) is 12.5 Å². The first-order valence-electron chi connectivity index (χ1n) is 8.04. The van der Waals surface area contributed by atoms with E-state index in [4.69, 9.17) is 4.74 Å². The SMILES string of the molecule is O=C(c1ccc2n[nH]nc2c1)N1CCOC[C@@H]1Cc1ccccc1. The zero-order valence-electron chi connectivity index (χ0n) is 13.2. The van der Waals surface area contributed by atoms with Crippen LogP contribution in [0.15, 0.2) is 48.5 Å². The summed E-state index contributed by atoms with van der Waals surface area (Å²) in [5, 5.41) is 10.7. The molecule has 1 N–H and O–H groups in total. The van der Waals surface area contributed by atoms with Gasteiger partial charge in [0.2, 0.25) is 0 Å². The molecule has 1 aliphatic heterocycles. The number of hydrogen-bond acceptors (Lipinski definition) is 4. The van der Waals surface area contributed by atoms with Gasteiger partial charge in [-0.25, -0.2) is 0 Å². The van der Waals surface area contributed by atoms with Gasteiger partial charge in [0, 0.05) is 12.1 Å². The highest BCUT2D eigenvalue weighted by Crippen LogP contribution is 2.18. The number of nitrogens with one attached hydrogen (secondary N) is 1.